The van der Waals surface area contributed by atoms with E-state index in [1.165, 1.54) is 26.4 Å². The Balaban J connectivity index is 2.08. The molecule has 134 valence electrons. The summed E-state index contributed by atoms with van der Waals surface area (Å²) in [4.78, 5) is 12.0. The van der Waals surface area contributed by atoms with Crippen molar-refractivity contribution in [3.05, 3.63) is 53.6 Å². The molecule has 0 fully saturated rings. The van der Waals surface area contributed by atoms with Crippen LogP contribution < -0.4 is 14.2 Å². The Kier molecular flexibility index (Phi) is 5.90. The molecule has 25 heavy (non-hydrogen) atoms. The maximum Gasteiger partial charge on any atom is 0.419 e. The second-order valence-corrected chi connectivity index (χ2v) is 5.15. The van der Waals surface area contributed by atoms with Gasteiger partial charge in [-0.05, 0) is 42.3 Å². The number of alkyl halides is 3. The van der Waals surface area contributed by atoms with Crippen molar-refractivity contribution in [3.8, 4) is 17.2 Å². The monoisotopic (exact) mass is 354 g/mol. The zero-order chi connectivity index (χ0) is 18.4. The molecule has 0 aromatic heterocycles. The number of esters is 1. The SMILES string of the molecule is COc1ccc(OC)c(CCC(=O)Oc2ccccc2C(F)(F)F)c1. The molecular weight excluding hydrogens is 337 g/mol. The van der Waals surface area contributed by atoms with Gasteiger partial charge in [0.1, 0.15) is 17.2 Å². The third-order valence-corrected chi connectivity index (χ3v) is 3.50. The number of carbonyl (C=O) groups is 1. The summed E-state index contributed by atoms with van der Waals surface area (Å²) in [5.41, 5.74) is -0.287. The second-order valence-electron chi connectivity index (χ2n) is 5.15. The van der Waals surface area contributed by atoms with Crippen LogP contribution in [-0.2, 0) is 17.4 Å². The summed E-state index contributed by atoms with van der Waals surface area (Å²) in [6, 6.07) is 9.71. The first-order valence-electron chi connectivity index (χ1n) is 7.43. The fourth-order valence-electron chi connectivity index (χ4n) is 2.28. The van der Waals surface area contributed by atoms with Crippen LogP contribution in [-0.4, -0.2) is 20.2 Å². The largest absolute Gasteiger partial charge is 0.497 e. The lowest BCUT2D eigenvalue weighted by Gasteiger charge is -2.13. The summed E-state index contributed by atoms with van der Waals surface area (Å²) < 4.78 is 53.9. The van der Waals surface area contributed by atoms with Crippen molar-refractivity contribution in [3.63, 3.8) is 0 Å². The predicted molar refractivity (Wildman–Crippen MR) is 84.9 cm³/mol. The van der Waals surface area contributed by atoms with Crippen molar-refractivity contribution in [1.82, 2.24) is 0 Å². The van der Waals surface area contributed by atoms with Crippen molar-refractivity contribution in [2.45, 2.75) is 19.0 Å². The summed E-state index contributed by atoms with van der Waals surface area (Å²) in [5, 5.41) is 0. The van der Waals surface area contributed by atoms with Crippen LogP contribution in [0.25, 0.3) is 0 Å². The van der Waals surface area contributed by atoms with Crippen LogP contribution in [0.4, 0.5) is 13.2 Å². The summed E-state index contributed by atoms with van der Waals surface area (Å²) in [5.74, 6) is -0.116. The van der Waals surface area contributed by atoms with E-state index in [1.54, 1.807) is 18.2 Å². The lowest BCUT2D eigenvalue weighted by molar-refractivity contribution is -0.142. The molecule has 0 atom stereocenters. The van der Waals surface area contributed by atoms with E-state index in [2.05, 4.69) is 0 Å². The van der Waals surface area contributed by atoms with E-state index in [1.807, 2.05) is 0 Å². The molecule has 7 heteroatoms. The molecule has 0 aliphatic rings. The number of benzene rings is 2. The highest BCUT2D eigenvalue weighted by Crippen LogP contribution is 2.36. The lowest BCUT2D eigenvalue weighted by atomic mass is 10.1. The van der Waals surface area contributed by atoms with Gasteiger partial charge in [-0.3, -0.25) is 4.79 Å². The molecule has 2 rings (SSSR count). The first-order valence-corrected chi connectivity index (χ1v) is 7.43. The van der Waals surface area contributed by atoms with E-state index in [4.69, 9.17) is 14.2 Å². The molecule has 0 saturated heterocycles. The fourth-order valence-corrected chi connectivity index (χ4v) is 2.28. The number of carbonyl (C=O) groups excluding carboxylic acids is 1. The molecule has 0 N–H and O–H groups in total. The van der Waals surface area contributed by atoms with Crippen LogP contribution in [0.5, 0.6) is 17.2 Å². The van der Waals surface area contributed by atoms with Crippen LogP contribution in [0.1, 0.15) is 17.5 Å². The number of ether oxygens (including phenoxy) is 3. The van der Waals surface area contributed by atoms with E-state index in [-0.39, 0.29) is 12.8 Å². The number of halogens is 3. The number of hydrogen-bond donors (Lipinski definition) is 0. The van der Waals surface area contributed by atoms with Gasteiger partial charge in [0.25, 0.3) is 0 Å². The Labute approximate surface area is 143 Å². The Morgan fingerprint density at radius 1 is 1.00 bits per heavy atom. The maximum absolute atomic E-state index is 12.9. The van der Waals surface area contributed by atoms with Crippen molar-refractivity contribution >= 4 is 5.97 Å². The van der Waals surface area contributed by atoms with Crippen LogP contribution >= 0.6 is 0 Å². The number of para-hydroxylation sites is 1. The molecule has 4 nitrogen and oxygen atoms in total. The van der Waals surface area contributed by atoms with Crippen molar-refractivity contribution in [2.75, 3.05) is 14.2 Å². The standard InChI is InChI=1S/C18H17F3O4/c1-23-13-8-9-15(24-2)12(11-13)7-10-17(22)25-16-6-4-3-5-14(16)18(19,20)21/h3-6,8-9,11H,7,10H2,1-2H3. The third-order valence-electron chi connectivity index (χ3n) is 3.50. The average molecular weight is 354 g/mol. The van der Waals surface area contributed by atoms with Crippen LogP contribution in [0, 0.1) is 0 Å². The zero-order valence-corrected chi connectivity index (χ0v) is 13.7. The van der Waals surface area contributed by atoms with Gasteiger partial charge >= 0.3 is 12.1 Å². The topological polar surface area (TPSA) is 44.8 Å². The summed E-state index contributed by atoms with van der Waals surface area (Å²) in [7, 11) is 3.00. The van der Waals surface area contributed by atoms with E-state index in [0.717, 1.165) is 12.1 Å². The summed E-state index contributed by atoms with van der Waals surface area (Å²) in [6.45, 7) is 0. The van der Waals surface area contributed by atoms with E-state index >= 15 is 0 Å². The smallest absolute Gasteiger partial charge is 0.419 e. The van der Waals surface area contributed by atoms with Gasteiger partial charge in [-0.1, -0.05) is 12.1 Å². The van der Waals surface area contributed by atoms with Gasteiger partial charge in [0.2, 0.25) is 0 Å². The molecule has 0 amide bonds. The minimum Gasteiger partial charge on any atom is -0.497 e. The van der Waals surface area contributed by atoms with Gasteiger partial charge in [0.05, 0.1) is 26.2 Å². The number of aryl methyl sites for hydroxylation is 1. The Morgan fingerprint density at radius 2 is 1.72 bits per heavy atom. The minimum atomic E-state index is -4.59. The van der Waals surface area contributed by atoms with Gasteiger partial charge in [0.15, 0.2) is 0 Å². The number of methoxy groups -OCH3 is 2. The summed E-state index contributed by atoms with van der Waals surface area (Å²) >= 11 is 0. The van der Waals surface area contributed by atoms with Gasteiger partial charge in [-0.2, -0.15) is 13.2 Å². The van der Waals surface area contributed by atoms with E-state index < -0.39 is 23.5 Å². The van der Waals surface area contributed by atoms with Gasteiger partial charge < -0.3 is 14.2 Å². The molecule has 2 aromatic carbocycles. The summed E-state index contributed by atoms with van der Waals surface area (Å²) in [6.07, 6.45) is -4.45. The molecule has 0 saturated carbocycles. The first-order chi connectivity index (χ1) is 11.8. The molecule has 0 spiro atoms. The van der Waals surface area contributed by atoms with Gasteiger partial charge in [-0.25, -0.2) is 0 Å². The van der Waals surface area contributed by atoms with Gasteiger partial charge in [0, 0.05) is 0 Å². The number of rotatable bonds is 6. The first kappa shape index (κ1) is 18.6. The van der Waals surface area contributed by atoms with E-state index in [9.17, 15) is 18.0 Å². The molecule has 2 aromatic rings. The Hall–Kier alpha value is -2.70. The molecule has 0 unspecified atom stereocenters. The molecule has 0 heterocycles. The predicted octanol–water partition coefficient (Wildman–Crippen LogP) is 4.26. The molecule has 0 radical (unpaired) electrons. The molecule has 0 aliphatic heterocycles. The molecular formula is C18H17F3O4. The van der Waals surface area contributed by atoms with Crippen LogP contribution in [0.15, 0.2) is 42.5 Å². The Bertz CT molecular complexity index is 741. The average Bonchev–Trinajstić information content (AvgIpc) is 2.59. The quantitative estimate of drug-likeness (QED) is 0.574. The lowest BCUT2D eigenvalue weighted by Crippen LogP contribution is -2.14. The van der Waals surface area contributed by atoms with Crippen LogP contribution in [0.2, 0.25) is 0 Å². The number of hydrogen-bond acceptors (Lipinski definition) is 4. The second kappa shape index (κ2) is 7.92. The van der Waals surface area contributed by atoms with Crippen molar-refractivity contribution < 1.29 is 32.2 Å². The molecule has 0 bridgehead atoms. The van der Waals surface area contributed by atoms with Gasteiger partial charge in [-0.15, -0.1) is 0 Å². The highest BCUT2D eigenvalue weighted by molar-refractivity contribution is 5.73. The normalized spacial score (nSPS) is 11.1. The Morgan fingerprint density at radius 3 is 2.36 bits per heavy atom. The van der Waals surface area contributed by atoms with Crippen molar-refractivity contribution in [1.29, 1.82) is 0 Å². The highest BCUT2D eigenvalue weighted by atomic mass is 19.4. The molecule has 0 aliphatic carbocycles. The highest BCUT2D eigenvalue weighted by Gasteiger charge is 2.34. The maximum atomic E-state index is 12.9. The van der Waals surface area contributed by atoms with Crippen LogP contribution in [0.3, 0.4) is 0 Å². The minimum absolute atomic E-state index is 0.101. The zero-order valence-electron chi connectivity index (χ0n) is 13.7. The fraction of sp³-hybridized carbons (Fsp3) is 0.278. The van der Waals surface area contributed by atoms with Crippen molar-refractivity contribution in [2.24, 2.45) is 0 Å². The van der Waals surface area contributed by atoms with E-state index in [0.29, 0.717) is 17.1 Å². The third kappa shape index (κ3) is 4.89.